The second kappa shape index (κ2) is 6.73. The van der Waals surface area contributed by atoms with Crippen LogP contribution in [-0.2, 0) is 10.0 Å². The summed E-state index contributed by atoms with van der Waals surface area (Å²) in [6.45, 7) is 6.68. The maximum atomic E-state index is 13.1. The number of piperazine rings is 1. The molecule has 0 N–H and O–H groups in total. The highest BCUT2D eigenvalue weighted by Crippen LogP contribution is 2.26. The average molecular weight is 379 g/mol. The zero-order chi connectivity index (χ0) is 15.6. The lowest BCUT2D eigenvalue weighted by Gasteiger charge is -2.37. The third kappa shape index (κ3) is 3.64. The van der Waals surface area contributed by atoms with Crippen LogP contribution in [0.3, 0.4) is 0 Å². The van der Waals surface area contributed by atoms with Crippen LogP contribution in [0.4, 0.5) is 4.39 Å². The first-order chi connectivity index (χ1) is 9.86. The number of benzene rings is 1. The van der Waals surface area contributed by atoms with Crippen molar-refractivity contribution in [3.8, 4) is 0 Å². The number of sulfonamides is 1. The van der Waals surface area contributed by atoms with Gasteiger partial charge in [0, 0.05) is 36.7 Å². The number of rotatable bonds is 4. The van der Waals surface area contributed by atoms with E-state index in [4.69, 9.17) is 0 Å². The van der Waals surface area contributed by atoms with Crippen molar-refractivity contribution in [3.63, 3.8) is 0 Å². The van der Waals surface area contributed by atoms with Gasteiger partial charge in [-0.05, 0) is 47.5 Å². The first-order valence-corrected chi connectivity index (χ1v) is 9.28. The van der Waals surface area contributed by atoms with Crippen molar-refractivity contribution in [2.24, 2.45) is 0 Å². The smallest absolute Gasteiger partial charge is 0.244 e. The summed E-state index contributed by atoms with van der Waals surface area (Å²) in [5.74, 6) is -0.456. The van der Waals surface area contributed by atoms with E-state index in [1.54, 1.807) is 0 Å². The molecule has 0 spiro atoms. The van der Waals surface area contributed by atoms with Crippen LogP contribution in [0.5, 0.6) is 0 Å². The van der Waals surface area contributed by atoms with E-state index >= 15 is 0 Å². The molecule has 118 valence electrons. The molecular formula is C14H20BrFN2O2S. The fourth-order valence-electron chi connectivity index (χ4n) is 2.47. The molecule has 1 aromatic carbocycles. The molecule has 0 aromatic heterocycles. The normalized spacial score (nSPS) is 19.6. The molecular weight excluding hydrogens is 359 g/mol. The Morgan fingerprint density at radius 3 is 2.43 bits per heavy atom. The zero-order valence-electron chi connectivity index (χ0n) is 12.2. The van der Waals surface area contributed by atoms with E-state index < -0.39 is 15.8 Å². The number of halogens is 2. The van der Waals surface area contributed by atoms with Crippen LogP contribution in [0, 0.1) is 5.82 Å². The van der Waals surface area contributed by atoms with Crippen molar-refractivity contribution in [2.75, 3.05) is 26.2 Å². The van der Waals surface area contributed by atoms with Crippen molar-refractivity contribution in [1.29, 1.82) is 0 Å². The van der Waals surface area contributed by atoms with E-state index in [0.29, 0.717) is 19.1 Å². The van der Waals surface area contributed by atoms with Crippen LogP contribution >= 0.6 is 15.9 Å². The zero-order valence-corrected chi connectivity index (χ0v) is 14.6. The minimum Gasteiger partial charge on any atom is -0.298 e. The lowest BCUT2D eigenvalue weighted by atomic mass is 10.2. The van der Waals surface area contributed by atoms with Gasteiger partial charge in [-0.2, -0.15) is 4.31 Å². The summed E-state index contributed by atoms with van der Waals surface area (Å²) < 4.78 is 40.1. The number of nitrogens with zero attached hydrogens (tertiary/aromatic N) is 2. The fraction of sp³-hybridized carbons (Fsp3) is 0.571. The molecule has 2 rings (SSSR count). The maximum Gasteiger partial charge on any atom is 0.244 e. The molecule has 1 unspecified atom stereocenters. The Bertz CT molecular complexity index is 601. The van der Waals surface area contributed by atoms with Gasteiger partial charge in [-0.25, -0.2) is 12.8 Å². The predicted octanol–water partition coefficient (Wildman–Crippen LogP) is 2.69. The van der Waals surface area contributed by atoms with Gasteiger partial charge < -0.3 is 0 Å². The number of hydrogen-bond acceptors (Lipinski definition) is 3. The van der Waals surface area contributed by atoms with E-state index in [1.165, 1.54) is 22.5 Å². The Labute approximate surface area is 134 Å². The topological polar surface area (TPSA) is 40.6 Å². The molecule has 0 aliphatic carbocycles. The lowest BCUT2D eigenvalue weighted by molar-refractivity contribution is 0.142. The van der Waals surface area contributed by atoms with Crippen molar-refractivity contribution in [2.45, 2.75) is 31.2 Å². The van der Waals surface area contributed by atoms with Crippen molar-refractivity contribution in [3.05, 3.63) is 28.5 Å². The van der Waals surface area contributed by atoms with Crippen LogP contribution in [0.1, 0.15) is 20.3 Å². The first kappa shape index (κ1) is 16.9. The lowest BCUT2D eigenvalue weighted by Crippen LogP contribution is -2.51. The molecule has 4 nitrogen and oxygen atoms in total. The molecule has 0 bridgehead atoms. The maximum absolute atomic E-state index is 13.1. The fourth-order valence-corrected chi connectivity index (χ4v) is 4.90. The van der Waals surface area contributed by atoms with Gasteiger partial charge in [0.15, 0.2) is 0 Å². The van der Waals surface area contributed by atoms with Crippen molar-refractivity contribution in [1.82, 2.24) is 9.21 Å². The molecule has 1 aliphatic rings. The highest BCUT2D eigenvalue weighted by Gasteiger charge is 2.30. The van der Waals surface area contributed by atoms with Crippen molar-refractivity contribution < 1.29 is 12.8 Å². The quantitative estimate of drug-likeness (QED) is 0.808. The Morgan fingerprint density at radius 2 is 1.90 bits per heavy atom. The Morgan fingerprint density at radius 1 is 1.29 bits per heavy atom. The van der Waals surface area contributed by atoms with Gasteiger partial charge in [-0.15, -0.1) is 0 Å². The molecule has 1 saturated heterocycles. The van der Waals surface area contributed by atoms with Crippen LogP contribution in [-0.4, -0.2) is 49.8 Å². The van der Waals surface area contributed by atoms with Gasteiger partial charge in [0.1, 0.15) is 5.82 Å². The SMILES string of the molecule is CCC(C)N1CCN(S(=O)(=O)c2ccc(F)cc2Br)CC1. The molecule has 1 aromatic rings. The monoisotopic (exact) mass is 378 g/mol. The summed E-state index contributed by atoms with van der Waals surface area (Å²) in [4.78, 5) is 2.42. The summed E-state index contributed by atoms with van der Waals surface area (Å²) >= 11 is 3.14. The predicted molar refractivity (Wildman–Crippen MR) is 84.2 cm³/mol. The minimum absolute atomic E-state index is 0.126. The second-order valence-electron chi connectivity index (χ2n) is 5.27. The van der Waals surface area contributed by atoms with Gasteiger partial charge in [-0.1, -0.05) is 6.92 Å². The van der Waals surface area contributed by atoms with E-state index in [9.17, 15) is 12.8 Å². The molecule has 0 saturated carbocycles. The average Bonchev–Trinajstić information content (AvgIpc) is 2.46. The van der Waals surface area contributed by atoms with Crippen LogP contribution in [0.2, 0.25) is 0 Å². The van der Waals surface area contributed by atoms with Crippen molar-refractivity contribution >= 4 is 26.0 Å². The van der Waals surface area contributed by atoms with Gasteiger partial charge in [0.05, 0.1) is 4.90 Å². The molecule has 1 fully saturated rings. The van der Waals surface area contributed by atoms with Gasteiger partial charge in [0.2, 0.25) is 10.0 Å². The third-order valence-electron chi connectivity index (χ3n) is 4.00. The van der Waals surface area contributed by atoms with E-state index in [2.05, 4.69) is 34.7 Å². The number of hydrogen-bond donors (Lipinski definition) is 0. The molecule has 0 radical (unpaired) electrons. The van der Waals surface area contributed by atoms with Gasteiger partial charge >= 0.3 is 0 Å². The first-order valence-electron chi connectivity index (χ1n) is 7.05. The molecule has 1 heterocycles. The van der Waals surface area contributed by atoms with E-state index in [-0.39, 0.29) is 9.37 Å². The standard InChI is InChI=1S/C14H20BrFN2O2S/c1-3-11(2)17-6-8-18(9-7-17)21(19,20)14-5-4-12(16)10-13(14)15/h4-5,10-11H,3,6-9H2,1-2H3. The summed E-state index contributed by atoms with van der Waals surface area (Å²) in [7, 11) is -3.57. The minimum atomic E-state index is -3.57. The third-order valence-corrected chi connectivity index (χ3v) is 6.87. The van der Waals surface area contributed by atoms with E-state index in [0.717, 1.165) is 19.5 Å². The molecule has 7 heteroatoms. The second-order valence-corrected chi connectivity index (χ2v) is 8.03. The highest BCUT2D eigenvalue weighted by molar-refractivity contribution is 9.10. The van der Waals surface area contributed by atoms with E-state index in [1.807, 2.05) is 0 Å². The van der Waals surface area contributed by atoms with Gasteiger partial charge in [-0.3, -0.25) is 4.90 Å². The summed E-state index contributed by atoms with van der Waals surface area (Å²) in [5.41, 5.74) is 0. The Kier molecular flexibility index (Phi) is 5.40. The Hall–Kier alpha value is -0.500. The molecule has 0 amide bonds. The molecule has 1 atom stereocenters. The van der Waals surface area contributed by atoms with Crippen LogP contribution in [0.15, 0.2) is 27.6 Å². The molecule has 1 aliphatic heterocycles. The largest absolute Gasteiger partial charge is 0.298 e. The summed E-state index contributed by atoms with van der Waals surface area (Å²) in [6, 6.07) is 4.14. The van der Waals surface area contributed by atoms with Gasteiger partial charge in [0.25, 0.3) is 0 Å². The molecule has 21 heavy (non-hydrogen) atoms. The summed E-state index contributed by atoms with van der Waals surface area (Å²) in [5, 5.41) is 0. The van der Waals surface area contributed by atoms with Crippen LogP contribution in [0.25, 0.3) is 0 Å². The van der Waals surface area contributed by atoms with Crippen LogP contribution < -0.4 is 0 Å². The highest BCUT2D eigenvalue weighted by atomic mass is 79.9. The summed E-state index contributed by atoms with van der Waals surface area (Å²) in [6.07, 6.45) is 1.05. The Balaban J connectivity index is 2.15.